The van der Waals surface area contributed by atoms with Crippen LogP contribution < -0.4 is 14.8 Å². The molecule has 1 atom stereocenters. The number of hydrogen-bond acceptors (Lipinski definition) is 6. The molecular weight excluding hydrogens is 330 g/mol. The highest BCUT2D eigenvalue weighted by molar-refractivity contribution is 5.61. The van der Waals surface area contributed by atoms with Crippen molar-refractivity contribution in [2.75, 3.05) is 19.5 Å². The minimum absolute atomic E-state index is 0.217. The Morgan fingerprint density at radius 2 is 1.81 bits per heavy atom. The third-order valence-electron chi connectivity index (χ3n) is 4.15. The molecule has 0 aliphatic rings. The monoisotopic (exact) mass is 353 g/mol. The molecular formula is C20H23N3O3. The summed E-state index contributed by atoms with van der Waals surface area (Å²) in [6.07, 6.45) is 1.96. The summed E-state index contributed by atoms with van der Waals surface area (Å²) in [6, 6.07) is 16.6. The zero-order chi connectivity index (χ0) is 18.4. The number of ether oxygens (including phenoxy) is 2. The van der Waals surface area contributed by atoms with Crippen molar-refractivity contribution in [1.29, 1.82) is 0 Å². The van der Waals surface area contributed by atoms with E-state index in [0.29, 0.717) is 23.3 Å². The van der Waals surface area contributed by atoms with Gasteiger partial charge < -0.3 is 19.3 Å². The van der Waals surface area contributed by atoms with Crippen LogP contribution in [0.5, 0.6) is 11.5 Å². The lowest BCUT2D eigenvalue weighted by Crippen LogP contribution is -2.16. The molecule has 0 amide bonds. The number of nitrogens with zero attached hydrogens (tertiary/aromatic N) is 2. The van der Waals surface area contributed by atoms with Crippen molar-refractivity contribution in [3.05, 3.63) is 54.1 Å². The molecule has 0 saturated carbocycles. The largest absolute Gasteiger partial charge is 0.493 e. The maximum absolute atomic E-state index is 5.33. The Morgan fingerprint density at radius 1 is 1.04 bits per heavy atom. The molecule has 136 valence electrons. The number of aryl methyl sites for hydroxylation is 1. The van der Waals surface area contributed by atoms with E-state index in [1.807, 2.05) is 24.3 Å². The van der Waals surface area contributed by atoms with Crippen molar-refractivity contribution in [2.24, 2.45) is 0 Å². The fourth-order valence-electron chi connectivity index (χ4n) is 2.69. The third kappa shape index (κ3) is 4.33. The third-order valence-corrected chi connectivity index (χ3v) is 4.15. The first-order valence-electron chi connectivity index (χ1n) is 8.56. The molecule has 0 unspecified atom stereocenters. The van der Waals surface area contributed by atoms with Gasteiger partial charge in [-0.25, -0.2) is 0 Å². The minimum Gasteiger partial charge on any atom is -0.493 e. The molecule has 0 spiro atoms. The maximum atomic E-state index is 5.33. The average Bonchev–Trinajstić information content (AvgIpc) is 3.15. The fourth-order valence-corrected chi connectivity index (χ4v) is 2.69. The number of methoxy groups -OCH3 is 2. The second kappa shape index (κ2) is 8.38. The van der Waals surface area contributed by atoms with E-state index in [1.165, 1.54) is 5.56 Å². The van der Waals surface area contributed by atoms with Crippen LogP contribution in [0.1, 0.15) is 18.9 Å². The van der Waals surface area contributed by atoms with Crippen LogP contribution in [0.25, 0.3) is 11.4 Å². The van der Waals surface area contributed by atoms with Gasteiger partial charge >= 0.3 is 6.01 Å². The summed E-state index contributed by atoms with van der Waals surface area (Å²) < 4.78 is 15.9. The zero-order valence-corrected chi connectivity index (χ0v) is 15.2. The smallest absolute Gasteiger partial charge is 0.321 e. The summed E-state index contributed by atoms with van der Waals surface area (Å²) in [7, 11) is 3.20. The van der Waals surface area contributed by atoms with Crippen LogP contribution in [0.2, 0.25) is 0 Å². The number of rotatable bonds is 8. The van der Waals surface area contributed by atoms with Crippen molar-refractivity contribution >= 4 is 6.01 Å². The molecule has 26 heavy (non-hydrogen) atoms. The van der Waals surface area contributed by atoms with Gasteiger partial charge in [-0.2, -0.15) is 4.98 Å². The highest BCUT2D eigenvalue weighted by Gasteiger charge is 2.13. The molecule has 0 aliphatic carbocycles. The number of aromatic nitrogens is 2. The first kappa shape index (κ1) is 17.8. The summed E-state index contributed by atoms with van der Waals surface area (Å²) in [6.45, 7) is 2.10. The second-order valence-electron chi connectivity index (χ2n) is 6.06. The summed E-state index contributed by atoms with van der Waals surface area (Å²) in [4.78, 5) is 4.42. The van der Waals surface area contributed by atoms with E-state index in [2.05, 4.69) is 46.6 Å². The van der Waals surface area contributed by atoms with E-state index in [0.717, 1.165) is 18.4 Å². The minimum atomic E-state index is 0.217. The number of nitrogens with one attached hydrogen (secondary N) is 1. The Balaban J connectivity index is 1.62. The molecule has 3 aromatic rings. The summed E-state index contributed by atoms with van der Waals surface area (Å²) in [5.41, 5.74) is 2.12. The Bertz CT molecular complexity index is 833. The lowest BCUT2D eigenvalue weighted by atomic mass is 10.1. The Kier molecular flexibility index (Phi) is 5.73. The van der Waals surface area contributed by atoms with Gasteiger partial charge in [0.25, 0.3) is 0 Å². The van der Waals surface area contributed by atoms with Gasteiger partial charge in [0.1, 0.15) is 0 Å². The molecule has 1 N–H and O–H groups in total. The Morgan fingerprint density at radius 3 is 2.54 bits per heavy atom. The summed E-state index contributed by atoms with van der Waals surface area (Å²) in [5.74, 6) is 1.79. The van der Waals surface area contributed by atoms with Gasteiger partial charge in [0.05, 0.1) is 14.2 Å². The van der Waals surface area contributed by atoms with E-state index in [4.69, 9.17) is 14.0 Å². The van der Waals surface area contributed by atoms with Crippen molar-refractivity contribution in [3.63, 3.8) is 0 Å². The molecule has 1 heterocycles. The Labute approximate surface area is 153 Å². The van der Waals surface area contributed by atoms with E-state index >= 15 is 0 Å². The summed E-state index contributed by atoms with van der Waals surface area (Å²) >= 11 is 0. The van der Waals surface area contributed by atoms with Crippen molar-refractivity contribution in [2.45, 2.75) is 25.8 Å². The highest BCUT2D eigenvalue weighted by atomic mass is 16.5. The van der Waals surface area contributed by atoms with Gasteiger partial charge in [-0.3, -0.25) is 0 Å². The van der Waals surface area contributed by atoms with Gasteiger partial charge in [-0.05, 0) is 43.5 Å². The fraction of sp³-hybridized carbons (Fsp3) is 0.300. The average molecular weight is 353 g/mol. The Hall–Kier alpha value is -3.02. The quantitative estimate of drug-likeness (QED) is 0.655. The first-order chi connectivity index (χ1) is 12.7. The SMILES string of the molecule is COc1ccc(-c2noc(N[C@H](C)CCc3ccccc3)n2)cc1OC. The van der Waals surface area contributed by atoms with E-state index in [9.17, 15) is 0 Å². The van der Waals surface area contributed by atoms with Crippen molar-refractivity contribution < 1.29 is 14.0 Å². The van der Waals surface area contributed by atoms with Gasteiger partial charge in [0.15, 0.2) is 11.5 Å². The van der Waals surface area contributed by atoms with Crippen LogP contribution in [0.3, 0.4) is 0 Å². The highest BCUT2D eigenvalue weighted by Crippen LogP contribution is 2.31. The predicted molar refractivity (Wildman–Crippen MR) is 101 cm³/mol. The lowest BCUT2D eigenvalue weighted by Gasteiger charge is -2.11. The molecule has 2 aromatic carbocycles. The van der Waals surface area contributed by atoms with Crippen LogP contribution in [0.4, 0.5) is 6.01 Å². The molecule has 6 heteroatoms. The van der Waals surface area contributed by atoms with Crippen LogP contribution in [0.15, 0.2) is 53.1 Å². The number of anilines is 1. The van der Waals surface area contributed by atoms with Gasteiger partial charge in [0, 0.05) is 11.6 Å². The topological polar surface area (TPSA) is 69.4 Å². The van der Waals surface area contributed by atoms with Crippen molar-refractivity contribution in [1.82, 2.24) is 10.1 Å². The number of hydrogen-bond donors (Lipinski definition) is 1. The van der Waals surface area contributed by atoms with Crippen molar-refractivity contribution in [3.8, 4) is 22.9 Å². The standard InChI is InChI=1S/C20H23N3O3/c1-14(9-10-15-7-5-4-6-8-15)21-20-22-19(23-26-20)16-11-12-17(24-2)18(13-16)25-3/h4-8,11-14H,9-10H2,1-3H3,(H,21,22,23)/t14-/m1/s1. The molecule has 3 rings (SSSR count). The summed E-state index contributed by atoms with van der Waals surface area (Å²) in [5, 5.41) is 7.30. The van der Waals surface area contributed by atoms with Crippen LogP contribution in [0, 0.1) is 0 Å². The maximum Gasteiger partial charge on any atom is 0.321 e. The number of benzene rings is 2. The van der Waals surface area contributed by atoms with Crippen LogP contribution in [-0.4, -0.2) is 30.4 Å². The molecule has 0 fully saturated rings. The zero-order valence-electron chi connectivity index (χ0n) is 15.2. The predicted octanol–water partition coefficient (Wildman–Crippen LogP) is 4.19. The molecule has 0 aliphatic heterocycles. The van der Waals surface area contributed by atoms with Gasteiger partial charge in [-0.15, -0.1) is 0 Å². The molecule has 0 radical (unpaired) electrons. The van der Waals surface area contributed by atoms with Gasteiger partial charge in [0.2, 0.25) is 5.82 Å². The van der Waals surface area contributed by atoms with Crippen LogP contribution in [-0.2, 0) is 6.42 Å². The molecule has 0 saturated heterocycles. The van der Waals surface area contributed by atoms with Gasteiger partial charge in [-0.1, -0.05) is 35.5 Å². The molecule has 0 bridgehead atoms. The van der Waals surface area contributed by atoms with Crippen LogP contribution >= 0.6 is 0 Å². The molecule has 1 aromatic heterocycles. The van der Waals surface area contributed by atoms with E-state index < -0.39 is 0 Å². The first-order valence-corrected chi connectivity index (χ1v) is 8.56. The second-order valence-corrected chi connectivity index (χ2v) is 6.06. The molecule has 6 nitrogen and oxygen atoms in total. The van der Waals surface area contributed by atoms with E-state index in [-0.39, 0.29) is 6.04 Å². The lowest BCUT2D eigenvalue weighted by molar-refractivity contribution is 0.355. The van der Waals surface area contributed by atoms with E-state index in [1.54, 1.807) is 14.2 Å². The normalized spacial score (nSPS) is 11.8.